The molecule has 1 aliphatic rings. The zero-order valence-electron chi connectivity index (χ0n) is 12.2. The van der Waals surface area contributed by atoms with Crippen LogP contribution in [0.2, 0.25) is 5.02 Å². The minimum absolute atomic E-state index is 0.382. The summed E-state index contributed by atoms with van der Waals surface area (Å²) in [6, 6.07) is 8.79. The number of rotatable bonds is 4. The Morgan fingerprint density at radius 1 is 1.18 bits per heavy atom. The molecule has 1 saturated heterocycles. The van der Waals surface area contributed by atoms with E-state index in [4.69, 9.17) is 16.9 Å². The van der Waals surface area contributed by atoms with E-state index < -0.39 is 11.7 Å². The fourth-order valence-electron chi connectivity index (χ4n) is 2.39. The normalized spacial score (nSPS) is 16.3. The molecule has 1 amide bonds. The number of hydrogen-bond donors (Lipinski definition) is 0. The maximum Gasteiger partial charge on any atom is 0.247 e. The van der Waals surface area contributed by atoms with Gasteiger partial charge in [-0.25, -0.2) is 0 Å². The summed E-state index contributed by atoms with van der Waals surface area (Å²) < 4.78 is 0. The molecule has 1 aliphatic heterocycles. The van der Waals surface area contributed by atoms with E-state index in [-0.39, 0.29) is 5.91 Å². The summed E-state index contributed by atoms with van der Waals surface area (Å²) in [5.74, 6) is -2.11. The smallest absolute Gasteiger partial charge is 0.247 e. The number of allylic oxidation sites excluding steroid dienone is 1. The molecular weight excluding hydrogens is 300 g/mol. The van der Waals surface area contributed by atoms with Crippen LogP contribution in [0.3, 0.4) is 0 Å². The predicted octanol–water partition coefficient (Wildman–Crippen LogP) is 3.07. The second kappa shape index (κ2) is 7.77. The molecule has 5 heteroatoms. The highest BCUT2D eigenvalue weighted by molar-refractivity contribution is 6.30. The molecule has 1 atom stereocenters. The number of halogens is 1. The van der Waals surface area contributed by atoms with Gasteiger partial charge in [-0.1, -0.05) is 29.8 Å². The number of piperidine rings is 1. The van der Waals surface area contributed by atoms with Gasteiger partial charge in [0.1, 0.15) is 0 Å². The minimum atomic E-state index is -1.25. The van der Waals surface area contributed by atoms with Crippen molar-refractivity contribution in [1.82, 2.24) is 4.90 Å². The number of carbonyl (C=O) groups excluding carboxylic acids is 2. The van der Waals surface area contributed by atoms with E-state index in [1.807, 2.05) is 6.07 Å². The Hall–Kier alpha value is -2.12. The van der Waals surface area contributed by atoms with Gasteiger partial charge in [0.2, 0.25) is 5.91 Å². The molecule has 0 bridgehead atoms. The van der Waals surface area contributed by atoms with E-state index in [9.17, 15) is 9.59 Å². The summed E-state index contributed by atoms with van der Waals surface area (Å²) in [6.45, 7) is 1.26. The lowest BCUT2D eigenvalue weighted by atomic mass is 10.0. The third-order valence-electron chi connectivity index (χ3n) is 3.64. The van der Waals surface area contributed by atoms with Crippen LogP contribution in [0.25, 0.3) is 6.08 Å². The van der Waals surface area contributed by atoms with Crippen molar-refractivity contribution in [3.63, 3.8) is 0 Å². The molecule has 1 fully saturated rings. The summed E-state index contributed by atoms with van der Waals surface area (Å²) in [6.07, 6.45) is 5.83. The van der Waals surface area contributed by atoms with Crippen molar-refractivity contribution in [1.29, 1.82) is 5.26 Å². The van der Waals surface area contributed by atoms with E-state index in [0.717, 1.165) is 24.8 Å². The van der Waals surface area contributed by atoms with Crippen LogP contribution >= 0.6 is 11.6 Å². The minimum Gasteiger partial charge on any atom is -0.341 e. The molecular formula is C17H17ClN2O2. The number of benzene rings is 1. The first kappa shape index (κ1) is 16.3. The van der Waals surface area contributed by atoms with Crippen LogP contribution in [0.1, 0.15) is 24.8 Å². The largest absolute Gasteiger partial charge is 0.341 e. The van der Waals surface area contributed by atoms with Gasteiger partial charge in [-0.15, -0.1) is 0 Å². The lowest BCUT2D eigenvalue weighted by Gasteiger charge is -2.27. The van der Waals surface area contributed by atoms with E-state index in [2.05, 4.69) is 0 Å². The SMILES string of the molecule is N#CC(C(=O)C=Cc1ccc(Cl)cc1)C(=O)N1CCCCC1. The zero-order chi connectivity index (χ0) is 15.9. The summed E-state index contributed by atoms with van der Waals surface area (Å²) >= 11 is 5.79. The van der Waals surface area contributed by atoms with Gasteiger partial charge >= 0.3 is 0 Å². The number of amides is 1. The maximum absolute atomic E-state index is 12.3. The van der Waals surface area contributed by atoms with Gasteiger partial charge in [-0.3, -0.25) is 9.59 Å². The highest BCUT2D eigenvalue weighted by Crippen LogP contribution is 2.15. The number of nitrogens with zero attached hydrogens (tertiary/aromatic N) is 2. The standard InChI is InChI=1S/C17H17ClN2O2/c18-14-7-4-13(5-8-14)6-9-16(21)15(12-19)17(22)20-10-2-1-3-11-20/h4-9,15H,1-3,10-11H2. The zero-order valence-corrected chi connectivity index (χ0v) is 12.9. The quantitative estimate of drug-likeness (QED) is 0.633. The fraction of sp³-hybridized carbons (Fsp3) is 0.353. The Morgan fingerprint density at radius 2 is 1.82 bits per heavy atom. The van der Waals surface area contributed by atoms with Gasteiger partial charge in [0.15, 0.2) is 11.7 Å². The molecule has 0 radical (unpaired) electrons. The van der Waals surface area contributed by atoms with E-state index in [0.29, 0.717) is 18.1 Å². The topological polar surface area (TPSA) is 61.2 Å². The summed E-state index contributed by atoms with van der Waals surface area (Å²) in [7, 11) is 0. The van der Waals surface area contributed by atoms with Crippen LogP contribution in [0.5, 0.6) is 0 Å². The molecule has 0 spiro atoms. The average molecular weight is 317 g/mol. The summed E-state index contributed by atoms with van der Waals surface area (Å²) in [5, 5.41) is 9.77. The van der Waals surface area contributed by atoms with Gasteiger partial charge in [0.05, 0.1) is 6.07 Å². The second-order valence-corrected chi connectivity index (χ2v) is 5.67. The molecule has 2 rings (SSSR count). The number of ketones is 1. The molecule has 0 N–H and O–H groups in total. The Bertz CT molecular complexity index is 611. The van der Waals surface area contributed by atoms with Crippen molar-refractivity contribution in [3.05, 3.63) is 40.9 Å². The Kier molecular flexibility index (Phi) is 5.74. The lowest BCUT2D eigenvalue weighted by Crippen LogP contribution is -2.41. The number of likely N-dealkylation sites (tertiary alicyclic amines) is 1. The van der Waals surface area contributed by atoms with Crippen molar-refractivity contribution in [3.8, 4) is 6.07 Å². The number of nitriles is 1. The molecule has 0 aromatic heterocycles. The molecule has 0 aliphatic carbocycles. The lowest BCUT2D eigenvalue weighted by molar-refractivity contribution is -0.138. The molecule has 0 saturated carbocycles. The van der Waals surface area contributed by atoms with Crippen molar-refractivity contribution in [2.45, 2.75) is 19.3 Å². The average Bonchev–Trinajstić information content (AvgIpc) is 2.55. The van der Waals surface area contributed by atoms with Crippen molar-refractivity contribution < 1.29 is 9.59 Å². The monoisotopic (exact) mass is 316 g/mol. The molecule has 4 nitrogen and oxygen atoms in total. The Labute approximate surface area is 135 Å². The van der Waals surface area contributed by atoms with E-state index in [1.165, 1.54) is 6.08 Å². The maximum atomic E-state index is 12.3. The molecule has 22 heavy (non-hydrogen) atoms. The second-order valence-electron chi connectivity index (χ2n) is 5.24. The summed E-state index contributed by atoms with van der Waals surface area (Å²) in [5.41, 5.74) is 0.792. The first-order chi connectivity index (χ1) is 10.6. The molecule has 1 aromatic carbocycles. The number of hydrogen-bond acceptors (Lipinski definition) is 3. The molecule has 1 heterocycles. The molecule has 1 unspecified atom stereocenters. The van der Waals surface area contributed by atoms with Crippen LogP contribution in [0.15, 0.2) is 30.3 Å². The van der Waals surface area contributed by atoms with Gasteiger partial charge in [0.25, 0.3) is 0 Å². The van der Waals surface area contributed by atoms with Crippen LogP contribution in [0, 0.1) is 17.2 Å². The van der Waals surface area contributed by atoms with E-state index >= 15 is 0 Å². The highest BCUT2D eigenvalue weighted by atomic mass is 35.5. The number of carbonyl (C=O) groups is 2. The van der Waals surface area contributed by atoms with Gasteiger partial charge in [0, 0.05) is 18.1 Å². The van der Waals surface area contributed by atoms with Gasteiger partial charge in [-0.2, -0.15) is 5.26 Å². The van der Waals surface area contributed by atoms with Crippen LogP contribution < -0.4 is 0 Å². The Balaban J connectivity index is 2.03. The third kappa shape index (κ3) is 4.19. The molecule has 114 valence electrons. The van der Waals surface area contributed by atoms with Crippen LogP contribution in [-0.4, -0.2) is 29.7 Å². The third-order valence-corrected chi connectivity index (χ3v) is 3.89. The first-order valence-electron chi connectivity index (χ1n) is 7.27. The molecule has 1 aromatic rings. The Morgan fingerprint density at radius 3 is 2.41 bits per heavy atom. The van der Waals surface area contributed by atoms with Gasteiger partial charge < -0.3 is 4.90 Å². The van der Waals surface area contributed by atoms with Gasteiger partial charge in [-0.05, 0) is 43.0 Å². The van der Waals surface area contributed by atoms with Crippen molar-refractivity contribution in [2.75, 3.05) is 13.1 Å². The van der Waals surface area contributed by atoms with E-state index in [1.54, 1.807) is 35.2 Å². The fourth-order valence-corrected chi connectivity index (χ4v) is 2.51. The van der Waals surface area contributed by atoms with Crippen molar-refractivity contribution >= 4 is 29.4 Å². The predicted molar refractivity (Wildman–Crippen MR) is 85.0 cm³/mol. The van der Waals surface area contributed by atoms with Crippen molar-refractivity contribution in [2.24, 2.45) is 5.92 Å². The summed E-state index contributed by atoms with van der Waals surface area (Å²) in [4.78, 5) is 26.0. The van der Waals surface area contributed by atoms with Crippen LogP contribution in [-0.2, 0) is 9.59 Å². The highest BCUT2D eigenvalue weighted by Gasteiger charge is 2.29. The van der Waals surface area contributed by atoms with Crippen LogP contribution in [0.4, 0.5) is 0 Å². The first-order valence-corrected chi connectivity index (χ1v) is 7.65.